The molecular formula is C15H22F9NO. The third-order valence-corrected chi connectivity index (χ3v) is 3.75. The molecule has 0 unspecified atom stereocenters. The summed E-state index contributed by atoms with van der Waals surface area (Å²) < 4.78 is 114. The van der Waals surface area contributed by atoms with Crippen LogP contribution in [0.25, 0.3) is 0 Å². The standard InChI is InChI=1S/C15H22F9NO/c1-2-3-4-5-6-7-8-9-10-25-11(26)12(16,17)13(18,19)14(20,21)15(22,23)24/h2-10H2,1H3,(H,25,26). The second-order valence-electron chi connectivity index (χ2n) is 5.95. The highest BCUT2D eigenvalue weighted by atomic mass is 19.4. The van der Waals surface area contributed by atoms with Crippen LogP contribution < -0.4 is 5.32 Å². The fourth-order valence-electron chi connectivity index (χ4n) is 2.09. The molecule has 0 aliphatic carbocycles. The molecule has 0 saturated heterocycles. The fourth-order valence-corrected chi connectivity index (χ4v) is 2.09. The fraction of sp³-hybridized carbons (Fsp3) is 0.933. The van der Waals surface area contributed by atoms with Crippen LogP contribution in [0.1, 0.15) is 58.3 Å². The maximum Gasteiger partial charge on any atom is 0.460 e. The Hall–Kier alpha value is -1.16. The zero-order valence-electron chi connectivity index (χ0n) is 14.2. The Balaban J connectivity index is 4.47. The van der Waals surface area contributed by atoms with Gasteiger partial charge in [-0.2, -0.15) is 39.5 Å². The van der Waals surface area contributed by atoms with Crippen molar-refractivity contribution in [2.75, 3.05) is 6.54 Å². The van der Waals surface area contributed by atoms with E-state index in [1.165, 1.54) is 5.32 Å². The molecule has 0 heterocycles. The number of unbranched alkanes of at least 4 members (excludes halogenated alkanes) is 7. The third kappa shape index (κ3) is 5.94. The number of amides is 1. The average Bonchev–Trinajstić information content (AvgIpc) is 2.51. The monoisotopic (exact) mass is 403 g/mol. The van der Waals surface area contributed by atoms with Gasteiger partial charge < -0.3 is 5.32 Å². The minimum atomic E-state index is -7.06. The number of alkyl halides is 9. The van der Waals surface area contributed by atoms with Crippen molar-refractivity contribution in [3.63, 3.8) is 0 Å². The van der Waals surface area contributed by atoms with Crippen molar-refractivity contribution in [1.82, 2.24) is 5.32 Å². The Bertz CT molecular complexity index is 435. The lowest BCUT2D eigenvalue weighted by molar-refractivity contribution is -0.388. The molecule has 0 bridgehead atoms. The second-order valence-corrected chi connectivity index (χ2v) is 5.95. The summed E-state index contributed by atoms with van der Waals surface area (Å²) in [5.41, 5.74) is 0. The normalized spacial score (nSPS) is 13.8. The van der Waals surface area contributed by atoms with E-state index in [1.54, 1.807) is 0 Å². The van der Waals surface area contributed by atoms with Gasteiger partial charge in [0, 0.05) is 6.54 Å². The summed E-state index contributed by atoms with van der Waals surface area (Å²) in [6.07, 6.45) is -0.709. The minimum Gasteiger partial charge on any atom is -0.351 e. The molecule has 2 nitrogen and oxygen atoms in total. The van der Waals surface area contributed by atoms with Crippen molar-refractivity contribution in [3.8, 4) is 0 Å². The zero-order chi connectivity index (χ0) is 20.6. The van der Waals surface area contributed by atoms with Crippen LogP contribution in [-0.2, 0) is 4.79 Å². The van der Waals surface area contributed by atoms with Crippen LogP contribution in [0.4, 0.5) is 39.5 Å². The van der Waals surface area contributed by atoms with Crippen molar-refractivity contribution < 1.29 is 44.3 Å². The van der Waals surface area contributed by atoms with E-state index in [0.717, 1.165) is 32.1 Å². The highest BCUT2D eigenvalue weighted by Gasteiger charge is 2.83. The van der Waals surface area contributed by atoms with E-state index in [9.17, 15) is 44.3 Å². The highest BCUT2D eigenvalue weighted by Crippen LogP contribution is 2.53. The summed E-state index contributed by atoms with van der Waals surface area (Å²) in [4.78, 5) is 11.1. The minimum absolute atomic E-state index is 0.108. The molecule has 0 fully saturated rings. The van der Waals surface area contributed by atoms with E-state index >= 15 is 0 Å². The van der Waals surface area contributed by atoms with Gasteiger partial charge >= 0.3 is 23.9 Å². The van der Waals surface area contributed by atoms with Crippen LogP contribution in [0.15, 0.2) is 0 Å². The molecule has 0 aliphatic rings. The summed E-state index contributed by atoms with van der Waals surface area (Å²) in [7, 11) is 0. The molecule has 0 saturated carbocycles. The number of nitrogens with one attached hydrogen (secondary N) is 1. The molecule has 26 heavy (non-hydrogen) atoms. The van der Waals surface area contributed by atoms with Gasteiger partial charge in [-0.1, -0.05) is 51.9 Å². The Labute approximate surface area is 145 Å². The number of rotatable bonds is 12. The average molecular weight is 403 g/mol. The molecule has 0 atom stereocenters. The predicted octanol–water partition coefficient (Wildman–Crippen LogP) is 5.71. The lowest BCUT2D eigenvalue weighted by Gasteiger charge is -2.32. The quantitative estimate of drug-likeness (QED) is 0.328. The van der Waals surface area contributed by atoms with Crippen LogP contribution in [0.2, 0.25) is 0 Å². The van der Waals surface area contributed by atoms with Crippen molar-refractivity contribution in [1.29, 1.82) is 0 Å². The van der Waals surface area contributed by atoms with Crippen molar-refractivity contribution in [2.45, 2.75) is 82.2 Å². The molecule has 0 aromatic rings. The Kier molecular flexibility index (Phi) is 9.25. The molecule has 0 aromatic carbocycles. The molecule has 1 amide bonds. The first-order chi connectivity index (χ1) is 11.7. The van der Waals surface area contributed by atoms with Gasteiger partial charge in [0.25, 0.3) is 5.91 Å². The molecule has 0 aliphatic heterocycles. The first kappa shape index (κ1) is 24.8. The van der Waals surface area contributed by atoms with E-state index in [2.05, 4.69) is 0 Å². The molecule has 1 N–H and O–H groups in total. The third-order valence-electron chi connectivity index (χ3n) is 3.75. The van der Waals surface area contributed by atoms with Crippen molar-refractivity contribution >= 4 is 5.91 Å². The maximum absolute atomic E-state index is 13.2. The number of carbonyl (C=O) groups is 1. The largest absolute Gasteiger partial charge is 0.460 e. The lowest BCUT2D eigenvalue weighted by Crippen LogP contribution is -2.65. The SMILES string of the molecule is CCCCCCCCCCNC(=O)C(F)(F)C(F)(F)C(F)(F)C(F)(F)F. The second kappa shape index (κ2) is 9.68. The summed E-state index contributed by atoms with van der Waals surface area (Å²) >= 11 is 0. The molecule has 0 radical (unpaired) electrons. The van der Waals surface area contributed by atoms with E-state index in [1.807, 2.05) is 6.92 Å². The van der Waals surface area contributed by atoms with Crippen LogP contribution in [0.3, 0.4) is 0 Å². The summed E-state index contributed by atoms with van der Waals surface area (Å²) in [6, 6.07) is 0. The van der Waals surface area contributed by atoms with Crippen LogP contribution in [0, 0.1) is 0 Å². The van der Waals surface area contributed by atoms with E-state index < -0.39 is 36.4 Å². The summed E-state index contributed by atoms with van der Waals surface area (Å²) in [5.74, 6) is -23.1. The number of carbonyl (C=O) groups excluding carboxylic acids is 1. The first-order valence-electron chi connectivity index (χ1n) is 8.22. The van der Waals surface area contributed by atoms with Gasteiger partial charge in [-0.05, 0) is 6.42 Å². The van der Waals surface area contributed by atoms with E-state index in [4.69, 9.17) is 0 Å². The lowest BCUT2D eigenvalue weighted by atomic mass is 10.0. The number of hydrogen-bond acceptors (Lipinski definition) is 1. The van der Waals surface area contributed by atoms with Crippen LogP contribution >= 0.6 is 0 Å². The van der Waals surface area contributed by atoms with Gasteiger partial charge in [0.1, 0.15) is 0 Å². The molecule has 0 rings (SSSR count). The predicted molar refractivity (Wildman–Crippen MR) is 76.5 cm³/mol. The van der Waals surface area contributed by atoms with Gasteiger partial charge in [0.2, 0.25) is 0 Å². The van der Waals surface area contributed by atoms with Gasteiger partial charge in [-0.25, -0.2) is 0 Å². The topological polar surface area (TPSA) is 29.1 Å². The van der Waals surface area contributed by atoms with E-state index in [-0.39, 0.29) is 6.42 Å². The van der Waals surface area contributed by atoms with Crippen LogP contribution in [0.5, 0.6) is 0 Å². The Morgan fingerprint density at radius 2 is 1.12 bits per heavy atom. The Morgan fingerprint density at radius 1 is 0.692 bits per heavy atom. The van der Waals surface area contributed by atoms with Gasteiger partial charge in [0.05, 0.1) is 0 Å². The zero-order valence-corrected chi connectivity index (χ0v) is 14.2. The molecule has 0 aromatic heterocycles. The van der Waals surface area contributed by atoms with Crippen LogP contribution in [-0.4, -0.2) is 36.4 Å². The number of hydrogen-bond donors (Lipinski definition) is 1. The van der Waals surface area contributed by atoms with Gasteiger partial charge in [-0.15, -0.1) is 0 Å². The summed E-state index contributed by atoms with van der Waals surface area (Å²) in [6.45, 7) is 1.50. The summed E-state index contributed by atoms with van der Waals surface area (Å²) in [5, 5.41) is 1.29. The van der Waals surface area contributed by atoms with Gasteiger partial charge in [-0.3, -0.25) is 4.79 Å². The smallest absolute Gasteiger partial charge is 0.351 e. The molecule has 0 spiro atoms. The Morgan fingerprint density at radius 3 is 1.54 bits per heavy atom. The van der Waals surface area contributed by atoms with Gasteiger partial charge in [0.15, 0.2) is 0 Å². The van der Waals surface area contributed by atoms with Crippen molar-refractivity contribution in [2.24, 2.45) is 0 Å². The molecular weight excluding hydrogens is 381 g/mol. The highest BCUT2D eigenvalue weighted by molar-refractivity contribution is 5.84. The number of halogens is 9. The maximum atomic E-state index is 13.2. The van der Waals surface area contributed by atoms with E-state index in [0.29, 0.717) is 12.8 Å². The molecule has 156 valence electrons. The molecule has 11 heteroatoms. The van der Waals surface area contributed by atoms with Crippen molar-refractivity contribution in [3.05, 3.63) is 0 Å². The first-order valence-corrected chi connectivity index (χ1v) is 8.22.